The van der Waals surface area contributed by atoms with Crippen LogP contribution in [0.2, 0.25) is 0 Å². The predicted molar refractivity (Wildman–Crippen MR) is 103 cm³/mol. The molecular formula is C18H30N4O4. The third-order valence-corrected chi connectivity index (χ3v) is 2.57. The molecule has 8 heteroatoms. The van der Waals surface area contributed by atoms with E-state index in [1.165, 1.54) is 11.0 Å². The number of hydrogen-bond donors (Lipinski definition) is 2. The van der Waals surface area contributed by atoms with E-state index in [2.05, 4.69) is 32.0 Å². The molecule has 0 aliphatic carbocycles. The summed E-state index contributed by atoms with van der Waals surface area (Å²) in [5.41, 5.74) is 9.63. The van der Waals surface area contributed by atoms with E-state index in [0.29, 0.717) is 12.0 Å². The average molecular weight is 366 g/mol. The summed E-state index contributed by atoms with van der Waals surface area (Å²) in [5, 5.41) is 0. The Labute approximate surface area is 155 Å². The Kier molecular flexibility index (Phi) is 17.8. The standard InChI is InChI=1S/C6H9NO.C5H9NO.C4H7NO.C3H5NO/c1-2-7-5-3-4-6(7)8;1-4-5(7)6(2)3;1-3(2)4(5)6;1-2-3(4)5/h2H,1,3-5H2;4H,1H2,2-3H3;1H2,2H3,(H2,5,6);2H,1H2,(H2,4,5). The second-order valence-electron chi connectivity index (χ2n) is 5.06. The summed E-state index contributed by atoms with van der Waals surface area (Å²) < 4.78 is 0. The first-order valence-electron chi connectivity index (χ1n) is 7.57. The number of carbonyl (C=O) groups is 4. The summed E-state index contributed by atoms with van der Waals surface area (Å²) in [7, 11) is 3.37. The van der Waals surface area contributed by atoms with Crippen LogP contribution < -0.4 is 11.5 Å². The molecule has 0 bridgehead atoms. The molecule has 8 nitrogen and oxygen atoms in total. The highest BCUT2D eigenvalue weighted by atomic mass is 16.2. The summed E-state index contributed by atoms with van der Waals surface area (Å²) >= 11 is 0. The number of carbonyl (C=O) groups excluding carboxylic acids is 4. The van der Waals surface area contributed by atoms with Crippen molar-refractivity contribution in [1.29, 1.82) is 0 Å². The van der Waals surface area contributed by atoms with Crippen molar-refractivity contribution in [2.75, 3.05) is 20.6 Å². The average Bonchev–Trinajstić information content (AvgIpc) is 3.00. The number of nitrogens with zero attached hydrogens (tertiary/aromatic N) is 2. The minimum atomic E-state index is -0.481. The van der Waals surface area contributed by atoms with E-state index in [-0.39, 0.29) is 11.8 Å². The largest absolute Gasteiger partial charge is 0.366 e. The van der Waals surface area contributed by atoms with Gasteiger partial charge >= 0.3 is 0 Å². The van der Waals surface area contributed by atoms with Crippen LogP contribution in [0.25, 0.3) is 0 Å². The van der Waals surface area contributed by atoms with Crippen molar-refractivity contribution in [3.63, 3.8) is 0 Å². The van der Waals surface area contributed by atoms with Crippen LogP contribution in [0.15, 0.2) is 50.2 Å². The predicted octanol–water partition coefficient (Wildman–Crippen LogP) is 0.718. The van der Waals surface area contributed by atoms with E-state index >= 15 is 0 Å². The zero-order valence-corrected chi connectivity index (χ0v) is 15.9. The number of rotatable bonds is 4. The molecule has 146 valence electrons. The molecule has 0 aromatic carbocycles. The molecule has 0 saturated carbocycles. The van der Waals surface area contributed by atoms with Gasteiger partial charge in [-0.1, -0.05) is 26.3 Å². The number of amides is 4. The summed E-state index contributed by atoms with van der Waals surface area (Å²) in [4.78, 5) is 43.4. The van der Waals surface area contributed by atoms with Gasteiger partial charge in [0.2, 0.25) is 23.6 Å². The SMILES string of the molecule is C=C(C)C(N)=O.C=CC(=O)N(C)C.C=CC(N)=O.C=CN1CCCC1=O. The van der Waals surface area contributed by atoms with Gasteiger partial charge in [-0.3, -0.25) is 19.2 Å². The van der Waals surface area contributed by atoms with Crippen molar-refractivity contribution in [1.82, 2.24) is 9.80 Å². The number of nitrogens with two attached hydrogens (primary N) is 2. The van der Waals surface area contributed by atoms with Gasteiger partial charge in [-0.25, -0.2) is 0 Å². The minimum absolute atomic E-state index is 0.0556. The fourth-order valence-corrected chi connectivity index (χ4v) is 1.04. The highest BCUT2D eigenvalue weighted by molar-refractivity contribution is 5.90. The highest BCUT2D eigenvalue weighted by Crippen LogP contribution is 2.08. The third-order valence-electron chi connectivity index (χ3n) is 2.57. The van der Waals surface area contributed by atoms with E-state index in [1.807, 2.05) is 0 Å². The lowest BCUT2D eigenvalue weighted by Gasteiger charge is -2.05. The molecule has 1 heterocycles. The lowest BCUT2D eigenvalue weighted by molar-refractivity contribution is -0.125. The van der Waals surface area contributed by atoms with Crippen LogP contribution in [0.1, 0.15) is 19.8 Å². The van der Waals surface area contributed by atoms with Gasteiger partial charge in [-0.2, -0.15) is 0 Å². The van der Waals surface area contributed by atoms with Gasteiger partial charge in [0.15, 0.2) is 0 Å². The Balaban J connectivity index is -0.000000276. The van der Waals surface area contributed by atoms with E-state index in [0.717, 1.165) is 19.0 Å². The quantitative estimate of drug-likeness (QED) is 0.711. The van der Waals surface area contributed by atoms with Crippen LogP contribution in [0, 0.1) is 0 Å². The summed E-state index contributed by atoms with van der Waals surface area (Å²) in [6.07, 6.45) is 5.62. The maximum Gasteiger partial charge on any atom is 0.245 e. The first-order valence-corrected chi connectivity index (χ1v) is 7.57. The van der Waals surface area contributed by atoms with E-state index in [9.17, 15) is 19.2 Å². The van der Waals surface area contributed by atoms with Gasteiger partial charge in [0.25, 0.3) is 0 Å². The monoisotopic (exact) mass is 366 g/mol. The molecule has 1 rings (SSSR count). The van der Waals surface area contributed by atoms with Crippen molar-refractivity contribution >= 4 is 23.6 Å². The molecule has 0 radical (unpaired) electrons. The number of likely N-dealkylation sites (tertiary alicyclic amines) is 1. The summed E-state index contributed by atoms with van der Waals surface area (Å²) in [6.45, 7) is 15.6. The van der Waals surface area contributed by atoms with Crippen molar-refractivity contribution in [3.05, 3.63) is 50.2 Å². The van der Waals surface area contributed by atoms with E-state index < -0.39 is 11.8 Å². The maximum absolute atomic E-state index is 10.7. The maximum atomic E-state index is 10.7. The van der Waals surface area contributed by atoms with Crippen LogP contribution in [0.4, 0.5) is 0 Å². The highest BCUT2D eigenvalue weighted by Gasteiger charge is 2.15. The second kappa shape index (κ2) is 16.7. The van der Waals surface area contributed by atoms with Gasteiger partial charge < -0.3 is 21.3 Å². The first kappa shape index (κ1) is 27.7. The van der Waals surface area contributed by atoms with Gasteiger partial charge in [0.1, 0.15) is 0 Å². The smallest absolute Gasteiger partial charge is 0.245 e. The van der Waals surface area contributed by atoms with E-state index in [1.54, 1.807) is 32.1 Å². The third kappa shape index (κ3) is 18.9. The molecule has 0 aromatic heterocycles. The van der Waals surface area contributed by atoms with Crippen LogP contribution >= 0.6 is 0 Å². The van der Waals surface area contributed by atoms with Gasteiger partial charge in [0, 0.05) is 32.6 Å². The zero-order valence-electron chi connectivity index (χ0n) is 15.9. The van der Waals surface area contributed by atoms with Crippen LogP contribution in [-0.4, -0.2) is 54.1 Å². The molecule has 4 amide bonds. The zero-order chi connectivity index (χ0) is 21.3. The fourth-order valence-electron chi connectivity index (χ4n) is 1.04. The Bertz CT molecular complexity index is 527. The fraction of sp³-hybridized carbons (Fsp3) is 0.333. The molecule has 1 aliphatic rings. The minimum Gasteiger partial charge on any atom is -0.366 e. The van der Waals surface area contributed by atoms with Crippen molar-refractivity contribution < 1.29 is 19.2 Å². The Morgan fingerprint density at radius 1 is 1.12 bits per heavy atom. The van der Waals surface area contributed by atoms with Crippen molar-refractivity contribution in [3.8, 4) is 0 Å². The number of primary amides is 2. The molecule has 0 aromatic rings. The van der Waals surface area contributed by atoms with E-state index in [4.69, 9.17) is 5.73 Å². The number of likely N-dealkylation sites (N-methyl/N-ethyl adjacent to an activating group) is 1. The lowest BCUT2D eigenvalue weighted by atomic mass is 10.3. The summed E-state index contributed by atoms with van der Waals surface area (Å²) in [6, 6.07) is 0. The first-order chi connectivity index (χ1) is 11.9. The Hall–Kier alpha value is -3.16. The molecule has 1 fully saturated rings. The van der Waals surface area contributed by atoms with Crippen LogP contribution in [0.3, 0.4) is 0 Å². The molecule has 1 aliphatic heterocycles. The van der Waals surface area contributed by atoms with Crippen LogP contribution in [-0.2, 0) is 19.2 Å². The number of hydrogen-bond acceptors (Lipinski definition) is 4. The molecule has 1 saturated heterocycles. The van der Waals surface area contributed by atoms with Gasteiger partial charge in [0.05, 0.1) is 0 Å². The Morgan fingerprint density at radius 3 is 1.62 bits per heavy atom. The van der Waals surface area contributed by atoms with Gasteiger partial charge in [-0.05, 0) is 31.7 Å². The normalized spacial score (nSPS) is 11.0. The topological polar surface area (TPSA) is 127 Å². The van der Waals surface area contributed by atoms with Crippen molar-refractivity contribution in [2.24, 2.45) is 11.5 Å². The molecule has 4 N–H and O–H groups in total. The molecule has 0 spiro atoms. The van der Waals surface area contributed by atoms with Crippen molar-refractivity contribution in [2.45, 2.75) is 19.8 Å². The molecule has 26 heavy (non-hydrogen) atoms. The second-order valence-corrected chi connectivity index (χ2v) is 5.06. The van der Waals surface area contributed by atoms with Gasteiger partial charge in [-0.15, -0.1) is 0 Å². The molecule has 0 unspecified atom stereocenters. The molecular weight excluding hydrogens is 336 g/mol. The molecule has 0 atom stereocenters. The lowest BCUT2D eigenvalue weighted by Crippen LogP contribution is -2.18. The summed E-state index contributed by atoms with van der Waals surface area (Å²) in [5.74, 6) is -0.764. The Morgan fingerprint density at radius 2 is 1.54 bits per heavy atom. The van der Waals surface area contributed by atoms with Crippen LogP contribution in [0.5, 0.6) is 0 Å².